The molecule has 0 fully saturated rings. The van der Waals surface area contributed by atoms with Crippen LogP contribution in [-0.2, 0) is 0 Å². The Morgan fingerprint density at radius 3 is 2.29 bits per heavy atom. The molecule has 1 amide bonds. The molecule has 0 bridgehead atoms. The van der Waals surface area contributed by atoms with Crippen molar-refractivity contribution in [2.75, 3.05) is 5.32 Å². The van der Waals surface area contributed by atoms with E-state index in [1.807, 2.05) is 0 Å². The first-order valence-corrected chi connectivity index (χ1v) is 8.05. The molecule has 0 aromatic heterocycles. The molecule has 0 atom stereocenters. The van der Waals surface area contributed by atoms with Gasteiger partial charge in [0.2, 0.25) is 0 Å². The summed E-state index contributed by atoms with van der Waals surface area (Å²) in [5.41, 5.74) is 0.950. The van der Waals surface area contributed by atoms with Crippen LogP contribution in [0.1, 0.15) is 20.7 Å². The average molecular weight is 478 g/mol. The van der Waals surface area contributed by atoms with Crippen molar-refractivity contribution in [3.05, 3.63) is 60.9 Å². The van der Waals surface area contributed by atoms with Gasteiger partial charge in [-0.2, -0.15) is 0 Å². The Labute approximate surface area is 145 Å². The molecule has 2 rings (SSSR count). The Kier molecular flexibility index (Phi) is 5.18. The van der Waals surface area contributed by atoms with E-state index in [0.717, 1.165) is 4.47 Å². The van der Waals surface area contributed by atoms with Gasteiger partial charge in [-0.25, -0.2) is 4.79 Å². The molecule has 2 aromatic rings. The van der Waals surface area contributed by atoms with Crippen LogP contribution in [0.4, 0.5) is 5.69 Å². The van der Waals surface area contributed by atoms with Gasteiger partial charge in [0, 0.05) is 19.1 Å². The maximum absolute atomic E-state index is 12.2. The summed E-state index contributed by atoms with van der Waals surface area (Å²) in [5, 5.41) is 11.7. The van der Waals surface area contributed by atoms with Crippen LogP contribution in [0.15, 0.2) is 49.8 Å². The van der Waals surface area contributed by atoms with Crippen molar-refractivity contribution < 1.29 is 14.7 Å². The molecule has 0 aliphatic heterocycles. The molecule has 0 spiro atoms. The van der Waals surface area contributed by atoms with Crippen molar-refractivity contribution in [3.8, 4) is 0 Å². The van der Waals surface area contributed by atoms with Gasteiger partial charge in [-0.15, -0.1) is 0 Å². The summed E-state index contributed by atoms with van der Waals surface area (Å²) in [5.74, 6) is -1.39. The van der Waals surface area contributed by atoms with Gasteiger partial charge in [-0.05, 0) is 52.3 Å². The van der Waals surface area contributed by atoms with Gasteiger partial charge in [0.25, 0.3) is 5.91 Å². The molecule has 0 radical (unpaired) electrons. The first-order chi connectivity index (χ1) is 9.86. The second-order valence-corrected chi connectivity index (χ2v) is 6.80. The second-order valence-electron chi connectivity index (χ2n) is 4.11. The number of benzene rings is 2. The third kappa shape index (κ3) is 4.15. The number of hydrogen-bond donors (Lipinski definition) is 2. The SMILES string of the molecule is O=C(O)c1cc(Br)cc(NC(=O)c2ccc(Br)cc2Br)c1. The maximum Gasteiger partial charge on any atom is 0.335 e. The predicted molar refractivity (Wildman–Crippen MR) is 90.9 cm³/mol. The molecule has 2 N–H and O–H groups in total. The summed E-state index contributed by atoms with van der Waals surface area (Å²) >= 11 is 9.85. The molecule has 108 valence electrons. The standard InChI is InChI=1S/C14H8Br3NO3/c15-8-1-2-11(12(17)6-8)13(19)18-10-4-7(14(20)21)3-9(16)5-10/h1-6H,(H,18,19)(H,20,21). The van der Waals surface area contributed by atoms with E-state index in [-0.39, 0.29) is 11.5 Å². The Bertz CT molecular complexity index is 731. The molecule has 0 aliphatic rings. The number of amides is 1. The van der Waals surface area contributed by atoms with E-state index in [0.29, 0.717) is 20.2 Å². The Morgan fingerprint density at radius 1 is 0.952 bits per heavy atom. The number of carbonyl (C=O) groups is 2. The molecule has 7 heteroatoms. The van der Waals surface area contributed by atoms with E-state index in [4.69, 9.17) is 5.11 Å². The normalized spacial score (nSPS) is 10.2. The van der Waals surface area contributed by atoms with Crippen LogP contribution < -0.4 is 5.32 Å². The minimum Gasteiger partial charge on any atom is -0.478 e. The van der Waals surface area contributed by atoms with Gasteiger partial charge < -0.3 is 10.4 Å². The average Bonchev–Trinajstić information content (AvgIpc) is 2.37. The highest BCUT2D eigenvalue weighted by Gasteiger charge is 2.12. The minimum atomic E-state index is -1.06. The van der Waals surface area contributed by atoms with Crippen molar-refractivity contribution in [3.63, 3.8) is 0 Å². The van der Waals surface area contributed by atoms with Crippen molar-refractivity contribution in [2.24, 2.45) is 0 Å². The molecule has 0 unspecified atom stereocenters. The molecular formula is C14H8Br3NO3. The van der Waals surface area contributed by atoms with Crippen LogP contribution in [0.2, 0.25) is 0 Å². The van der Waals surface area contributed by atoms with Crippen molar-refractivity contribution in [1.29, 1.82) is 0 Å². The number of nitrogens with one attached hydrogen (secondary N) is 1. The minimum absolute atomic E-state index is 0.0922. The van der Waals surface area contributed by atoms with Crippen molar-refractivity contribution >= 4 is 65.4 Å². The van der Waals surface area contributed by atoms with Gasteiger partial charge >= 0.3 is 5.97 Å². The van der Waals surface area contributed by atoms with Gasteiger partial charge in [0.15, 0.2) is 0 Å². The summed E-state index contributed by atoms with van der Waals surface area (Å²) in [6.07, 6.45) is 0. The number of carboxylic acids is 1. The highest BCUT2D eigenvalue weighted by Crippen LogP contribution is 2.24. The van der Waals surface area contributed by atoms with E-state index in [1.165, 1.54) is 12.1 Å². The molecule has 21 heavy (non-hydrogen) atoms. The topological polar surface area (TPSA) is 66.4 Å². The molecule has 2 aromatic carbocycles. The number of halogens is 3. The Balaban J connectivity index is 2.29. The number of rotatable bonds is 3. The first kappa shape index (κ1) is 16.2. The number of hydrogen-bond acceptors (Lipinski definition) is 2. The smallest absolute Gasteiger partial charge is 0.335 e. The van der Waals surface area contributed by atoms with Crippen LogP contribution in [0.25, 0.3) is 0 Å². The second kappa shape index (κ2) is 6.72. The highest BCUT2D eigenvalue weighted by molar-refractivity contribution is 9.11. The third-order valence-corrected chi connectivity index (χ3v) is 4.19. The van der Waals surface area contributed by atoms with E-state index in [2.05, 4.69) is 53.1 Å². The van der Waals surface area contributed by atoms with Gasteiger partial charge in [-0.3, -0.25) is 4.79 Å². The fourth-order valence-electron chi connectivity index (χ4n) is 1.66. The van der Waals surface area contributed by atoms with E-state index < -0.39 is 5.97 Å². The summed E-state index contributed by atoms with van der Waals surface area (Å²) in [6, 6.07) is 9.68. The van der Waals surface area contributed by atoms with Gasteiger partial charge in [-0.1, -0.05) is 31.9 Å². The van der Waals surface area contributed by atoms with Crippen LogP contribution in [0.3, 0.4) is 0 Å². The molecule has 0 saturated carbocycles. The highest BCUT2D eigenvalue weighted by atomic mass is 79.9. The number of aromatic carboxylic acids is 1. The number of anilines is 1. The summed E-state index contributed by atoms with van der Waals surface area (Å²) in [6.45, 7) is 0. The molecule has 0 saturated heterocycles. The zero-order valence-electron chi connectivity index (χ0n) is 10.4. The van der Waals surface area contributed by atoms with Gasteiger partial charge in [0.05, 0.1) is 11.1 Å². The van der Waals surface area contributed by atoms with Gasteiger partial charge in [0.1, 0.15) is 0 Å². The lowest BCUT2D eigenvalue weighted by molar-refractivity contribution is 0.0696. The molecule has 0 aliphatic carbocycles. The molecule has 0 heterocycles. The lowest BCUT2D eigenvalue weighted by Gasteiger charge is -2.09. The fraction of sp³-hybridized carbons (Fsp3) is 0. The summed E-state index contributed by atoms with van der Waals surface area (Å²) < 4.78 is 2.07. The van der Waals surface area contributed by atoms with E-state index >= 15 is 0 Å². The zero-order chi connectivity index (χ0) is 15.6. The van der Waals surface area contributed by atoms with Crippen molar-refractivity contribution in [2.45, 2.75) is 0 Å². The number of carboxylic acid groups (broad SMARTS) is 1. The molecule has 4 nitrogen and oxygen atoms in total. The monoisotopic (exact) mass is 475 g/mol. The van der Waals surface area contributed by atoms with E-state index in [9.17, 15) is 9.59 Å². The third-order valence-electron chi connectivity index (χ3n) is 2.58. The Hall–Kier alpha value is -1.18. The summed E-state index contributed by atoms with van der Waals surface area (Å²) in [4.78, 5) is 23.2. The largest absolute Gasteiger partial charge is 0.478 e. The lowest BCUT2D eigenvalue weighted by Crippen LogP contribution is -2.13. The number of carbonyl (C=O) groups excluding carboxylic acids is 1. The molecular weight excluding hydrogens is 470 g/mol. The Morgan fingerprint density at radius 2 is 1.67 bits per heavy atom. The zero-order valence-corrected chi connectivity index (χ0v) is 15.1. The van der Waals surface area contributed by atoms with Crippen LogP contribution in [0, 0.1) is 0 Å². The maximum atomic E-state index is 12.2. The van der Waals surface area contributed by atoms with Crippen LogP contribution in [0.5, 0.6) is 0 Å². The summed E-state index contributed by atoms with van der Waals surface area (Å²) in [7, 11) is 0. The predicted octanol–water partition coefficient (Wildman–Crippen LogP) is 4.92. The quantitative estimate of drug-likeness (QED) is 0.659. The van der Waals surface area contributed by atoms with Crippen molar-refractivity contribution in [1.82, 2.24) is 0 Å². The fourth-order valence-corrected chi connectivity index (χ4v) is 3.38. The van der Waals surface area contributed by atoms with E-state index in [1.54, 1.807) is 24.3 Å². The lowest BCUT2D eigenvalue weighted by atomic mass is 10.1. The van der Waals surface area contributed by atoms with Crippen LogP contribution in [-0.4, -0.2) is 17.0 Å². The van der Waals surface area contributed by atoms with Crippen LogP contribution >= 0.6 is 47.8 Å². The first-order valence-electron chi connectivity index (χ1n) is 5.67.